The molecule has 5 heteroatoms. The zero-order chi connectivity index (χ0) is 32.6. The van der Waals surface area contributed by atoms with Crippen molar-refractivity contribution in [3.05, 3.63) is 163 Å². The monoisotopic (exact) mass is 624 g/mol. The van der Waals surface area contributed by atoms with Gasteiger partial charge in [0, 0.05) is 38.3 Å². The van der Waals surface area contributed by atoms with Gasteiger partial charge in [0.15, 0.2) is 5.69 Å². The summed E-state index contributed by atoms with van der Waals surface area (Å²) in [5.74, 6) is 0. The standard InChI is InChI=1S/C44H24N4O/c1-46-30-13-18-42-36(23-30)35-22-29(28-7-3-2-4-8-28)12-17-41(35)48(42)32-15-20-44-38(25-32)37-24-31(14-19-43(37)49-44)47-39-10-6-5-9-33(39)34-21-27(26-45)11-16-40(34)47/h2-25H. The molecule has 0 amide bonds. The number of hydrogen-bond acceptors (Lipinski definition) is 2. The second kappa shape index (κ2) is 10.2. The van der Waals surface area contributed by atoms with Crippen LogP contribution >= 0.6 is 0 Å². The molecule has 3 heterocycles. The summed E-state index contributed by atoms with van der Waals surface area (Å²) in [6, 6.07) is 52.2. The Kier molecular flexibility index (Phi) is 5.64. The highest BCUT2D eigenvalue weighted by Crippen LogP contribution is 2.40. The van der Waals surface area contributed by atoms with E-state index in [0.29, 0.717) is 11.3 Å². The fourth-order valence-electron chi connectivity index (χ4n) is 7.52. The molecule has 3 aromatic heterocycles. The molecule has 0 radical (unpaired) electrons. The van der Waals surface area contributed by atoms with Gasteiger partial charge in [0.2, 0.25) is 0 Å². The molecule has 10 rings (SSSR count). The second-order valence-electron chi connectivity index (χ2n) is 12.4. The minimum Gasteiger partial charge on any atom is -0.456 e. The lowest BCUT2D eigenvalue weighted by Crippen LogP contribution is -1.94. The van der Waals surface area contributed by atoms with E-state index in [9.17, 15) is 5.26 Å². The summed E-state index contributed by atoms with van der Waals surface area (Å²) in [6.45, 7) is 7.69. The predicted molar refractivity (Wildman–Crippen MR) is 199 cm³/mol. The molecular formula is C44H24N4O. The summed E-state index contributed by atoms with van der Waals surface area (Å²) in [5, 5.41) is 16.0. The molecule has 0 fully saturated rings. The number of rotatable bonds is 3. The summed E-state index contributed by atoms with van der Waals surface area (Å²) >= 11 is 0. The van der Waals surface area contributed by atoms with Crippen molar-refractivity contribution in [2.24, 2.45) is 0 Å². The Morgan fingerprint density at radius 2 is 1.08 bits per heavy atom. The molecule has 0 aliphatic rings. The highest BCUT2D eigenvalue weighted by molar-refractivity contribution is 6.13. The molecule has 0 bridgehead atoms. The van der Waals surface area contributed by atoms with Crippen LogP contribution in [-0.4, -0.2) is 9.13 Å². The van der Waals surface area contributed by atoms with Crippen LogP contribution in [0.4, 0.5) is 5.69 Å². The molecule has 0 unspecified atom stereocenters. The number of nitriles is 1. The van der Waals surface area contributed by atoms with Crippen molar-refractivity contribution in [1.82, 2.24) is 9.13 Å². The molecule has 0 spiro atoms. The van der Waals surface area contributed by atoms with Crippen LogP contribution in [0.5, 0.6) is 0 Å². The third-order valence-corrected chi connectivity index (χ3v) is 9.74. The van der Waals surface area contributed by atoms with Crippen molar-refractivity contribution in [2.45, 2.75) is 0 Å². The Balaban J connectivity index is 1.20. The quantitative estimate of drug-likeness (QED) is 0.184. The van der Waals surface area contributed by atoms with E-state index >= 15 is 0 Å². The maximum atomic E-state index is 9.60. The molecule has 0 N–H and O–H groups in total. The van der Waals surface area contributed by atoms with Crippen LogP contribution in [-0.2, 0) is 0 Å². The average Bonchev–Trinajstić information content (AvgIpc) is 3.81. The summed E-state index contributed by atoms with van der Waals surface area (Å²) in [7, 11) is 0. The first-order valence-electron chi connectivity index (χ1n) is 16.1. The van der Waals surface area contributed by atoms with Crippen LogP contribution in [0.2, 0.25) is 0 Å². The van der Waals surface area contributed by atoms with Gasteiger partial charge in [0.05, 0.1) is 40.3 Å². The molecule has 0 saturated heterocycles. The van der Waals surface area contributed by atoms with Crippen LogP contribution < -0.4 is 0 Å². The molecular weight excluding hydrogens is 601 g/mol. The van der Waals surface area contributed by atoms with Crippen molar-refractivity contribution in [2.75, 3.05) is 0 Å². The summed E-state index contributed by atoms with van der Waals surface area (Å²) in [6.07, 6.45) is 0. The minimum atomic E-state index is 0.620. The van der Waals surface area contributed by atoms with Crippen LogP contribution in [0.25, 0.3) is 92.9 Å². The third-order valence-electron chi connectivity index (χ3n) is 9.74. The first-order valence-corrected chi connectivity index (χ1v) is 16.1. The van der Waals surface area contributed by atoms with E-state index in [0.717, 1.165) is 88.1 Å². The van der Waals surface area contributed by atoms with Gasteiger partial charge >= 0.3 is 0 Å². The van der Waals surface area contributed by atoms with Gasteiger partial charge in [0.1, 0.15) is 11.2 Å². The van der Waals surface area contributed by atoms with Gasteiger partial charge in [-0.15, -0.1) is 0 Å². The first-order chi connectivity index (χ1) is 24.2. The number of benzene rings is 7. The van der Waals surface area contributed by atoms with E-state index in [1.807, 2.05) is 48.5 Å². The third kappa shape index (κ3) is 3.97. The first kappa shape index (κ1) is 27.1. The topological polar surface area (TPSA) is 51.1 Å². The van der Waals surface area contributed by atoms with Gasteiger partial charge in [-0.05, 0) is 101 Å². The Hall–Kier alpha value is -7.08. The Bertz CT molecular complexity index is 3070. The van der Waals surface area contributed by atoms with Crippen molar-refractivity contribution < 1.29 is 4.42 Å². The Morgan fingerprint density at radius 3 is 1.78 bits per heavy atom. The number of furan rings is 1. The maximum Gasteiger partial charge on any atom is 0.188 e. The van der Waals surface area contributed by atoms with Crippen LogP contribution in [0, 0.1) is 17.9 Å². The molecule has 7 aromatic carbocycles. The van der Waals surface area contributed by atoms with Gasteiger partial charge in [-0.3, -0.25) is 0 Å². The van der Waals surface area contributed by atoms with Gasteiger partial charge in [0.25, 0.3) is 0 Å². The number of para-hydroxylation sites is 1. The number of hydrogen-bond donors (Lipinski definition) is 0. The summed E-state index contributed by atoms with van der Waals surface area (Å²) in [5.41, 5.74) is 11.5. The van der Waals surface area contributed by atoms with Crippen LogP contribution in [0.15, 0.2) is 150 Å². The van der Waals surface area contributed by atoms with E-state index in [1.54, 1.807) is 0 Å². The van der Waals surface area contributed by atoms with Gasteiger partial charge in [-0.1, -0.05) is 60.7 Å². The van der Waals surface area contributed by atoms with E-state index in [1.165, 1.54) is 0 Å². The smallest absolute Gasteiger partial charge is 0.188 e. The maximum absolute atomic E-state index is 9.60. The Morgan fingerprint density at radius 1 is 0.490 bits per heavy atom. The van der Waals surface area contributed by atoms with Crippen molar-refractivity contribution in [1.29, 1.82) is 5.26 Å². The largest absolute Gasteiger partial charge is 0.456 e. The van der Waals surface area contributed by atoms with Crippen molar-refractivity contribution in [3.8, 4) is 28.6 Å². The van der Waals surface area contributed by atoms with E-state index < -0.39 is 0 Å². The van der Waals surface area contributed by atoms with Crippen LogP contribution in [0.1, 0.15) is 5.56 Å². The molecule has 10 aromatic rings. The number of nitrogens with zero attached hydrogens (tertiary/aromatic N) is 4. The van der Waals surface area contributed by atoms with E-state index in [-0.39, 0.29) is 0 Å². The highest BCUT2D eigenvalue weighted by atomic mass is 16.3. The SMILES string of the molecule is [C-]#[N+]c1ccc2c(c1)c1cc(-c3ccccc3)ccc1n2-c1ccc2oc3ccc(-n4c5ccccc5c5cc(C#N)ccc54)cc3c2c1. The number of aromatic nitrogens is 2. The molecule has 0 aliphatic heterocycles. The van der Waals surface area contributed by atoms with E-state index in [2.05, 4.69) is 117 Å². The van der Waals surface area contributed by atoms with Gasteiger partial charge < -0.3 is 13.6 Å². The van der Waals surface area contributed by atoms with Crippen LogP contribution in [0.3, 0.4) is 0 Å². The number of fused-ring (bicyclic) bond motifs is 9. The zero-order valence-electron chi connectivity index (χ0n) is 26.1. The van der Waals surface area contributed by atoms with Crippen molar-refractivity contribution in [3.63, 3.8) is 0 Å². The minimum absolute atomic E-state index is 0.620. The fraction of sp³-hybridized carbons (Fsp3) is 0. The molecule has 0 atom stereocenters. The summed E-state index contributed by atoms with van der Waals surface area (Å²) < 4.78 is 10.9. The van der Waals surface area contributed by atoms with Gasteiger partial charge in [-0.25, -0.2) is 4.85 Å². The molecule has 49 heavy (non-hydrogen) atoms. The predicted octanol–water partition coefficient (Wildman–Crippen LogP) is 11.9. The molecule has 5 nitrogen and oxygen atoms in total. The van der Waals surface area contributed by atoms with Gasteiger partial charge in [-0.2, -0.15) is 5.26 Å². The normalized spacial score (nSPS) is 11.6. The fourth-order valence-corrected chi connectivity index (χ4v) is 7.52. The molecule has 226 valence electrons. The average molecular weight is 625 g/mol. The highest BCUT2D eigenvalue weighted by Gasteiger charge is 2.18. The second-order valence-corrected chi connectivity index (χ2v) is 12.4. The lowest BCUT2D eigenvalue weighted by atomic mass is 10.0. The summed E-state index contributed by atoms with van der Waals surface area (Å²) in [4.78, 5) is 3.75. The molecule has 0 saturated carbocycles. The lowest BCUT2D eigenvalue weighted by Gasteiger charge is -2.09. The molecule has 0 aliphatic carbocycles. The zero-order valence-corrected chi connectivity index (χ0v) is 26.1. The van der Waals surface area contributed by atoms with Crippen molar-refractivity contribution >= 4 is 71.2 Å². The van der Waals surface area contributed by atoms with E-state index in [4.69, 9.17) is 11.0 Å². The Labute approximate surface area is 280 Å². The lowest BCUT2D eigenvalue weighted by molar-refractivity contribution is 0.669.